The average Bonchev–Trinajstić information content (AvgIpc) is 2.69. The van der Waals surface area contributed by atoms with Gasteiger partial charge in [0.15, 0.2) is 0 Å². The second-order valence-electron chi connectivity index (χ2n) is 6.12. The lowest BCUT2D eigenvalue weighted by atomic mass is 10.2. The van der Waals surface area contributed by atoms with Gasteiger partial charge in [-0.3, -0.25) is 4.79 Å². The molecule has 0 aliphatic rings. The molecule has 0 bridgehead atoms. The van der Waals surface area contributed by atoms with Crippen LogP contribution >= 0.6 is 11.8 Å². The van der Waals surface area contributed by atoms with Gasteiger partial charge in [-0.15, -0.1) is 11.8 Å². The summed E-state index contributed by atoms with van der Waals surface area (Å²) >= 11 is 1.70. The first-order valence-corrected chi connectivity index (χ1v) is 9.89. The van der Waals surface area contributed by atoms with E-state index in [4.69, 9.17) is 18.9 Å². The van der Waals surface area contributed by atoms with Gasteiger partial charge in [-0.1, -0.05) is 6.58 Å². The summed E-state index contributed by atoms with van der Waals surface area (Å²) in [7, 11) is 1.64. The molecule has 150 valence electrons. The van der Waals surface area contributed by atoms with Crippen LogP contribution in [-0.2, 0) is 9.53 Å². The topological polar surface area (TPSA) is 54.0 Å². The van der Waals surface area contributed by atoms with E-state index in [2.05, 4.69) is 12.6 Å². The number of hydrogen-bond donors (Lipinski definition) is 0. The predicted octanol–water partition coefficient (Wildman–Crippen LogP) is 4.67. The van der Waals surface area contributed by atoms with Crippen LogP contribution in [0.4, 0.5) is 0 Å². The van der Waals surface area contributed by atoms with Gasteiger partial charge in [0, 0.05) is 17.6 Å². The number of ether oxygens (including phenoxy) is 4. The van der Waals surface area contributed by atoms with Crippen molar-refractivity contribution in [2.24, 2.45) is 0 Å². The van der Waals surface area contributed by atoms with Crippen molar-refractivity contribution < 1.29 is 23.7 Å². The van der Waals surface area contributed by atoms with Crippen LogP contribution < -0.4 is 14.2 Å². The van der Waals surface area contributed by atoms with E-state index in [1.165, 1.54) is 6.92 Å². The number of thioether (sulfide) groups is 1. The maximum absolute atomic E-state index is 10.7. The first-order chi connectivity index (χ1) is 13.5. The number of methoxy groups -OCH3 is 1. The highest BCUT2D eigenvalue weighted by Gasteiger charge is 2.05. The molecular weight excluding hydrogens is 376 g/mol. The summed E-state index contributed by atoms with van der Waals surface area (Å²) in [6.45, 7) is 8.52. The van der Waals surface area contributed by atoms with Crippen molar-refractivity contribution in [3.8, 4) is 17.2 Å². The van der Waals surface area contributed by atoms with Crippen LogP contribution in [0.2, 0.25) is 0 Å². The van der Waals surface area contributed by atoms with Crippen LogP contribution in [-0.4, -0.2) is 38.7 Å². The van der Waals surface area contributed by atoms with Crippen LogP contribution in [0.15, 0.2) is 59.5 Å². The van der Waals surface area contributed by atoms with Crippen molar-refractivity contribution in [1.29, 1.82) is 0 Å². The summed E-state index contributed by atoms with van der Waals surface area (Å²) in [5, 5.41) is 0. The molecule has 0 saturated heterocycles. The Morgan fingerprint density at radius 3 is 2.39 bits per heavy atom. The Bertz CT molecular complexity index is 786. The van der Waals surface area contributed by atoms with Crippen molar-refractivity contribution in [2.75, 3.05) is 32.7 Å². The molecule has 0 heterocycles. The fraction of sp³-hybridized carbons (Fsp3) is 0.318. The molecule has 0 aliphatic carbocycles. The van der Waals surface area contributed by atoms with E-state index in [-0.39, 0.29) is 12.6 Å². The van der Waals surface area contributed by atoms with E-state index in [0.29, 0.717) is 13.2 Å². The molecule has 0 fully saturated rings. The van der Waals surface area contributed by atoms with E-state index in [1.54, 1.807) is 18.9 Å². The van der Waals surface area contributed by atoms with Crippen LogP contribution in [0.3, 0.4) is 0 Å². The van der Waals surface area contributed by atoms with Gasteiger partial charge in [0.1, 0.15) is 37.1 Å². The molecule has 0 N–H and O–H groups in total. The van der Waals surface area contributed by atoms with Crippen molar-refractivity contribution in [3.05, 3.63) is 60.2 Å². The Kier molecular flexibility index (Phi) is 8.75. The number of hydrogen-bond acceptors (Lipinski definition) is 6. The normalized spacial score (nSPS) is 10.2. The van der Waals surface area contributed by atoms with E-state index in [0.717, 1.165) is 39.0 Å². The van der Waals surface area contributed by atoms with Gasteiger partial charge >= 0.3 is 5.97 Å². The lowest BCUT2D eigenvalue weighted by molar-refractivity contribution is -0.141. The number of esters is 1. The van der Waals surface area contributed by atoms with Crippen LogP contribution in [0.25, 0.3) is 0 Å². The van der Waals surface area contributed by atoms with Crippen molar-refractivity contribution in [3.63, 3.8) is 0 Å². The Morgan fingerprint density at radius 2 is 1.75 bits per heavy atom. The van der Waals surface area contributed by atoms with Gasteiger partial charge in [-0.25, -0.2) is 0 Å². The van der Waals surface area contributed by atoms with Crippen molar-refractivity contribution >= 4 is 17.7 Å². The number of rotatable bonds is 11. The summed E-state index contributed by atoms with van der Waals surface area (Å²) in [6.07, 6.45) is 0. The Balaban J connectivity index is 1.74. The maximum Gasteiger partial charge on any atom is 0.302 e. The zero-order valence-electron chi connectivity index (χ0n) is 16.5. The van der Waals surface area contributed by atoms with Gasteiger partial charge in [-0.05, 0) is 60.5 Å². The van der Waals surface area contributed by atoms with E-state index in [1.807, 2.05) is 43.3 Å². The predicted molar refractivity (Wildman–Crippen MR) is 112 cm³/mol. The molecule has 0 saturated carbocycles. The largest absolute Gasteiger partial charge is 0.497 e. The van der Waals surface area contributed by atoms with Gasteiger partial charge in [-0.2, -0.15) is 0 Å². The van der Waals surface area contributed by atoms with E-state index in [9.17, 15) is 4.79 Å². The minimum atomic E-state index is -0.303. The smallest absolute Gasteiger partial charge is 0.302 e. The molecule has 0 amide bonds. The summed E-state index contributed by atoms with van der Waals surface area (Å²) in [5.41, 5.74) is 2.04. The lowest BCUT2D eigenvalue weighted by Crippen LogP contribution is -2.10. The number of benzene rings is 2. The quantitative estimate of drug-likeness (QED) is 0.236. The first kappa shape index (κ1) is 21.7. The van der Waals surface area contributed by atoms with E-state index < -0.39 is 0 Å². The Hall–Kier alpha value is -2.60. The zero-order chi connectivity index (χ0) is 20.4. The fourth-order valence-electron chi connectivity index (χ4n) is 2.30. The molecule has 6 heteroatoms. The molecule has 0 unspecified atom stereocenters. The van der Waals surface area contributed by atoms with Crippen molar-refractivity contribution in [2.45, 2.75) is 18.7 Å². The lowest BCUT2D eigenvalue weighted by Gasteiger charge is -2.12. The molecule has 0 aliphatic heterocycles. The number of aryl methyl sites for hydroxylation is 1. The SMILES string of the molecule is C=C(COc1ccc(OC)cc1)CSc1ccc(OCCOC(C)=O)c(C)c1. The molecule has 0 radical (unpaired) electrons. The summed E-state index contributed by atoms with van der Waals surface area (Å²) in [4.78, 5) is 11.9. The summed E-state index contributed by atoms with van der Waals surface area (Å²) in [6, 6.07) is 13.5. The third-order valence-electron chi connectivity index (χ3n) is 3.74. The Labute approximate surface area is 170 Å². The van der Waals surface area contributed by atoms with Gasteiger partial charge in [0.2, 0.25) is 0 Å². The van der Waals surface area contributed by atoms with Crippen molar-refractivity contribution in [1.82, 2.24) is 0 Å². The highest BCUT2D eigenvalue weighted by Crippen LogP contribution is 2.27. The van der Waals surface area contributed by atoms with Gasteiger partial charge < -0.3 is 18.9 Å². The molecule has 2 aromatic rings. The number of carbonyl (C=O) groups excluding carboxylic acids is 1. The highest BCUT2D eigenvalue weighted by molar-refractivity contribution is 7.99. The summed E-state index contributed by atoms with van der Waals surface area (Å²) < 4.78 is 21.4. The molecule has 0 spiro atoms. The molecule has 5 nitrogen and oxygen atoms in total. The molecule has 2 aromatic carbocycles. The van der Waals surface area contributed by atoms with Crippen LogP contribution in [0.5, 0.6) is 17.2 Å². The molecule has 28 heavy (non-hydrogen) atoms. The Morgan fingerprint density at radius 1 is 1.04 bits per heavy atom. The highest BCUT2D eigenvalue weighted by atomic mass is 32.2. The minimum Gasteiger partial charge on any atom is -0.497 e. The molecule has 2 rings (SSSR count). The first-order valence-electron chi connectivity index (χ1n) is 8.91. The molecule has 0 atom stereocenters. The van der Waals surface area contributed by atoms with E-state index >= 15 is 0 Å². The summed E-state index contributed by atoms with van der Waals surface area (Å²) in [5.74, 6) is 2.85. The monoisotopic (exact) mass is 402 g/mol. The molecular formula is C22H26O5S. The third-order valence-corrected chi connectivity index (χ3v) is 4.88. The molecule has 0 aromatic heterocycles. The van der Waals surface area contributed by atoms with Gasteiger partial charge in [0.05, 0.1) is 7.11 Å². The average molecular weight is 403 g/mol. The fourth-order valence-corrected chi connectivity index (χ4v) is 3.17. The van der Waals surface area contributed by atoms with Crippen LogP contribution in [0, 0.1) is 6.92 Å². The second kappa shape index (κ2) is 11.3. The van der Waals surface area contributed by atoms with Crippen LogP contribution in [0.1, 0.15) is 12.5 Å². The second-order valence-corrected chi connectivity index (χ2v) is 7.17. The number of carbonyl (C=O) groups is 1. The third kappa shape index (κ3) is 7.56. The minimum absolute atomic E-state index is 0.249. The zero-order valence-corrected chi connectivity index (χ0v) is 17.3. The van der Waals surface area contributed by atoms with Gasteiger partial charge in [0.25, 0.3) is 0 Å². The standard InChI is InChI=1S/C22H26O5S/c1-16(14-27-20-7-5-19(24-4)6-8-20)15-28-21-9-10-22(17(2)13-21)26-12-11-25-18(3)23/h5-10,13H,1,11-12,14-15H2,2-4H3. The maximum atomic E-state index is 10.7.